The SMILES string of the molecule is CCN(CC)c1ccc(C2=C3C(C)=CC(C)=[N+]3[B-](F)(F)n3c(C)cc(C)c32)c(OCc2ccccc2)c1. The van der Waals surface area contributed by atoms with E-state index in [1.165, 1.54) is 8.96 Å². The molecule has 3 heterocycles. The molecule has 0 spiro atoms. The molecule has 0 saturated carbocycles. The fraction of sp³-hybridized carbons (Fsp3) is 0.300. The van der Waals surface area contributed by atoms with Crippen molar-refractivity contribution >= 4 is 23.9 Å². The van der Waals surface area contributed by atoms with Gasteiger partial charge in [-0.05, 0) is 69.6 Å². The monoisotopic (exact) mass is 501 g/mol. The van der Waals surface area contributed by atoms with Crippen LogP contribution in [0.4, 0.5) is 14.3 Å². The number of rotatable bonds is 7. The average molecular weight is 501 g/mol. The number of aromatic nitrogens is 1. The standard InChI is InChI=1S/C30H34BF2N3O/c1-7-34(8-2)25-14-15-26(27(18-25)37-19-24-12-10-9-11-13-24)28-29-20(3)16-22(5)35(29)31(32,33)36-23(6)17-21(4)30(28)36/h9-18H,7-8,19H2,1-6H3. The fourth-order valence-electron chi connectivity index (χ4n) is 5.91. The van der Waals surface area contributed by atoms with Crippen LogP contribution in [0, 0.1) is 13.8 Å². The first-order valence-electron chi connectivity index (χ1n) is 13.0. The van der Waals surface area contributed by atoms with Gasteiger partial charge in [-0.15, -0.1) is 0 Å². The summed E-state index contributed by atoms with van der Waals surface area (Å²) in [6.07, 6.45) is 1.86. The van der Waals surface area contributed by atoms with Crippen LogP contribution in [0.2, 0.25) is 0 Å². The number of ether oxygens (including phenoxy) is 1. The van der Waals surface area contributed by atoms with E-state index in [-0.39, 0.29) is 0 Å². The van der Waals surface area contributed by atoms with Crippen molar-refractivity contribution in [3.05, 3.63) is 100 Å². The summed E-state index contributed by atoms with van der Waals surface area (Å²) in [7, 11) is 0. The minimum absolute atomic E-state index is 0.390. The topological polar surface area (TPSA) is 20.4 Å². The van der Waals surface area contributed by atoms with E-state index in [1.54, 1.807) is 13.8 Å². The van der Waals surface area contributed by atoms with Crippen LogP contribution in [-0.2, 0) is 6.61 Å². The third-order valence-corrected chi connectivity index (χ3v) is 7.53. The van der Waals surface area contributed by atoms with Crippen LogP contribution in [0.5, 0.6) is 5.75 Å². The molecule has 0 unspecified atom stereocenters. The second-order valence-electron chi connectivity index (χ2n) is 9.97. The van der Waals surface area contributed by atoms with Crippen LogP contribution in [0.3, 0.4) is 0 Å². The number of hydrogen-bond acceptors (Lipinski definition) is 2. The second kappa shape index (κ2) is 9.36. The van der Waals surface area contributed by atoms with Gasteiger partial charge in [0.2, 0.25) is 0 Å². The lowest BCUT2D eigenvalue weighted by Crippen LogP contribution is -2.51. The molecule has 5 rings (SSSR count). The van der Waals surface area contributed by atoms with Crippen LogP contribution in [0.1, 0.15) is 55.8 Å². The Kier molecular flexibility index (Phi) is 6.34. The van der Waals surface area contributed by atoms with Gasteiger partial charge >= 0.3 is 6.97 Å². The van der Waals surface area contributed by atoms with E-state index in [2.05, 4.69) is 30.9 Å². The van der Waals surface area contributed by atoms with Gasteiger partial charge in [0.1, 0.15) is 18.1 Å². The molecule has 0 saturated heterocycles. The quantitative estimate of drug-likeness (QED) is 0.326. The highest BCUT2D eigenvalue weighted by Crippen LogP contribution is 2.46. The molecule has 0 fully saturated rings. The van der Waals surface area contributed by atoms with E-state index < -0.39 is 6.97 Å². The lowest BCUT2D eigenvalue weighted by atomic mass is 9.83. The number of nitrogens with zero attached hydrogens (tertiary/aromatic N) is 3. The van der Waals surface area contributed by atoms with Crippen LogP contribution < -0.4 is 9.64 Å². The lowest BCUT2D eigenvalue weighted by Gasteiger charge is -2.34. The second-order valence-corrected chi connectivity index (χ2v) is 9.97. The maximum Gasteiger partial charge on any atom is 0.737 e. The van der Waals surface area contributed by atoms with Gasteiger partial charge in [0.05, 0.1) is 5.57 Å². The van der Waals surface area contributed by atoms with E-state index >= 15 is 8.63 Å². The van der Waals surface area contributed by atoms with Gasteiger partial charge in [-0.3, -0.25) is 0 Å². The maximum atomic E-state index is 16.1. The molecule has 0 N–H and O–H groups in total. The van der Waals surface area contributed by atoms with Crippen molar-refractivity contribution in [1.29, 1.82) is 0 Å². The maximum absolute atomic E-state index is 16.1. The molecule has 3 aromatic rings. The van der Waals surface area contributed by atoms with E-state index in [9.17, 15) is 0 Å². The minimum Gasteiger partial charge on any atom is -0.488 e. The molecule has 0 amide bonds. The van der Waals surface area contributed by atoms with Crippen LogP contribution in [0.15, 0.2) is 71.9 Å². The molecule has 1 aromatic heterocycles. The van der Waals surface area contributed by atoms with Crippen molar-refractivity contribution in [3.8, 4) is 5.75 Å². The highest BCUT2D eigenvalue weighted by molar-refractivity contribution is 6.58. The minimum atomic E-state index is -4.02. The smallest absolute Gasteiger partial charge is 0.488 e. The summed E-state index contributed by atoms with van der Waals surface area (Å²) in [5, 5.41) is 0. The first-order chi connectivity index (χ1) is 17.7. The summed E-state index contributed by atoms with van der Waals surface area (Å²) in [6, 6.07) is 18.1. The van der Waals surface area contributed by atoms with Crippen molar-refractivity contribution in [2.45, 2.75) is 48.1 Å². The van der Waals surface area contributed by atoms with Crippen LogP contribution in [-0.4, -0.2) is 34.7 Å². The molecule has 2 aliphatic rings. The molecule has 0 atom stereocenters. The summed E-state index contributed by atoms with van der Waals surface area (Å²) >= 11 is 0. The summed E-state index contributed by atoms with van der Waals surface area (Å²) < 4.78 is 41.2. The van der Waals surface area contributed by atoms with E-state index in [1.807, 2.05) is 62.4 Å². The van der Waals surface area contributed by atoms with Gasteiger partial charge in [0.25, 0.3) is 0 Å². The molecule has 4 nitrogen and oxygen atoms in total. The third kappa shape index (κ3) is 4.01. The van der Waals surface area contributed by atoms with Crippen molar-refractivity contribution in [2.75, 3.05) is 18.0 Å². The summed E-state index contributed by atoms with van der Waals surface area (Å²) in [5.74, 6) is 0.690. The summed E-state index contributed by atoms with van der Waals surface area (Å²) in [5.41, 5.74) is 7.62. The molecule has 0 aliphatic carbocycles. The molecule has 2 aliphatic heterocycles. The molecule has 7 heteroatoms. The first kappa shape index (κ1) is 25.1. The molecule has 0 bridgehead atoms. The van der Waals surface area contributed by atoms with Gasteiger partial charge in [-0.25, -0.2) is 0 Å². The Morgan fingerprint density at radius 1 is 0.946 bits per heavy atom. The summed E-state index contributed by atoms with van der Waals surface area (Å²) in [6.45, 7) is 9.70. The first-order valence-corrected chi connectivity index (χ1v) is 13.0. The fourth-order valence-corrected chi connectivity index (χ4v) is 5.91. The average Bonchev–Trinajstić information content (AvgIpc) is 3.35. The number of fused-ring (bicyclic) bond motifs is 2. The Bertz CT molecular complexity index is 1460. The largest absolute Gasteiger partial charge is 0.737 e. The molecule has 0 radical (unpaired) electrons. The number of anilines is 1. The summed E-state index contributed by atoms with van der Waals surface area (Å²) in [4.78, 5) is 2.26. The van der Waals surface area contributed by atoms with Crippen LogP contribution >= 0.6 is 0 Å². The van der Waals surface area contributed by atoms with Gasteiger partial charge in [-0.1, -0.05) is 30.3 Å². The zero-order valence-electron chi connectivity index (χ0n) is 22.5. The number of halogens is 2. The highest BCUT2D eigenvalue weighted by atomic mass is 19.2. The van der Waals surface area contributed by atoms with Crippen molar-refractivity contribution < 1.29 is 17.9 Å². The van der Waals surface area contributed by atoms with E-state index in [0.29, 0.717) is 35.2 Å². The number of benzene rings is 2. The normalized spacial score (nSPS) is 16.1. The molecular weight excluding hydrogens is 467 g/mol. The Hall–Kier alpha value is -3.61. The van der Waals surface area contributed by atoms with Gasteiger partial charge < -0.3 is 27.2 Å². The Labute approximate surface area is 218 Å². The number of hydrogen-bond donors (Lipinski definition) is 0. The molecule has 37 heavy (non-hydrogen) atoms. The number of allylic oxidation sites excluding steroid dienone is 2. The van der Waals surface area contributed by atoms with Gasteiger partial charge in [0, 0.05) is 54.7 Å². The zero-order valence-corrected chi connectivity index (χ0v) is 22.5. The molecular formula is C30H34BF2N3O. The van der Waals surface area contributed by atoms with Crippen LogP contribution in [0.25, 0.3) is 5.57 Å². The Morgan fingerprint density at radius 2 is 1.65 bits per heavy atom. The van der Waals surface area contributed by atoms with Gasteiger partial charge in [0.15, 0.2) is 5.70 Å². The van der Waals surface area contributed by atoms with E-state index in [4.69, 9.17) is 4.74 Å². The van der Waals surface area contributed by atoms with Gasteiger partial charge in [-0.2, -0.15) is 0 Å². The van der Waals surface area contributed by atoms with Crippen molar-refractivity contribution in [2.24, 2.45) is 0 Å². The third-order valence-electron chi connectivity index (χ3n) is 7.53. The molecule has 2 aromatic carbocycles. The van der Waals surface area contributed by atoms with Crippen molar-refractivity contribution in [1.82, 2.24) is 4.48 Å². The molecule has 192 valence electrons. The number of aryl methyl sites for hydroxylation is 2. The van der Waals surface area contributed by atoms with Crippen molar-refractivity contribution in [3.63, 3.8) is 0 Å². The lowest BCUT2D eigenvalue weighted by molar-refractivity contribution is -0.363. The Balaban J connectivity index is 1.77. The predicted molar refractivity (Wildman–Crippen MR) is 149 cm³/mol. The Morgan fingerprint density at radius 3 is 2.32 bits per heavy atom. The van der Waals surface area contributed by atoms with E-state index in [0.717, 1.165) is 46.6 Å². The highest BCUT2D eigenvalue weighted by Gasteiger charge is 2.55. The predicted octanol–water partition coefficient (Wildman–Crippen LogP) is 6.96. The zero-order chi connectivity index (χ0) is 26.5.